The standard InChI is InChI=1S/C32H39NO7Si/c1-10-19-38-27(34)33-25-17-16-23(39-41(8,9)28(3,4)5)20-24(25)32-29(35)18-14-12-11-13-15-26(33)31(32,40-32)22(2)21-30(29,36-6)37-7/h10-12,16-17,20,22,26,35H,1,19,21H2,2-9H3/b12-11-/t22-,26-,29+,31-,32-/m0/s1. The molecule has 9 heteroatoms. The fourth-order valence-corrected chi connectivity index (χ4v) is 7.51. The lowest BCUT2D eigenvalue weighted by Gasteiger charge is -2.55. The van der Waals surface area contributed by atoms with E-state index in [1.165, 1.54) is 25.2 Å². The molecule has 8 nitrogen and oxygen atoms in total. The lowest BCUT2D eigenvalue weighted by atomic mass is 9.55. The van der Waals surface area contributed by atoms with Crippen LogP contribution in [0.1, 0.15) is 39.7 Å². The maximum atomic E-state index is 13.7. The summed E-state index contributed by atoms with van der Waals surface area (Å²) in [6.45, 7) is 16.5. The maximum absolute atomic E-state index is 13.7. The second-order valence-corrected chi connectivity index (χ2v) is 17.3. The molecule has 4 bridgehead atoms. The van der Waals surface area contributed by atoms with Crippen molar-refractivity contribution in [2.45, 2.75) is 80.9 Å². The van der Waals surface area contributed by atoms with Gasteiger partial charge in [-0.05, 0) is 54.4 Å². The summed E-state index contributed by atoms with van der Waals surface area (Å²) in [5, 5.41) is 12.8. The number of aliphatic hydroxyl groups is 1. The van der Waals surface area contributed by atoms with E-state index < -0.39 is 43.0 Å². The minimum absolute atomic E-state index is 0.0255. The molecule has 2 aliphatic heterocycles. The molecule has 0 radical (unpaired) electrons. The number of hydrogen-bond donors (Lipinski definition) is 1. The summed E-state index contributed by atoms with van der Waals surface area (Å²) >= 11 is 0. The normalized spacial score (nSPS) is 33.0. The van der Waals surface area contributed by atoms with Gasteiger partial charge in [0.25, 0.3) is 0 Å². The number of methoxy groups -OCH3 is 2. The second-order valence-electron chi connectivity index (χ2n) is 12.6. The highest BCUT2D eigenvalue weighted by Gasteiger charge is 2.93. The van der Waals surface area contributed by atoms with Crippen LogP contribution < -0.4 is 9.33 Å². The summed E-state index contributed by atoms with van der Waals surface area (Å²) in [4.78, 5) is 15.2. The third-order valence-corrected chi connectivity index (χ3v) is 13.9. The van der Waals surface area contributed by atoms with Crippen molar-refractivity contribution in [1.82, 2.24) is 0 Å². The Bertz CT molecular complexity index is 1440. The SMILES string of the molecule is C=CCOC(=O)N1c2ccc(O[Si](C)(C)C(C)(C)C)cc2[C@@]23O[C@@]24[C@@H]1C#C/C=C\C#C[C@@]3(O)C(OC)(OC)C[C@@H]4C. The van der Waals surface area contributed by atoms with Crippen LogP contribution in [0.15, 0.2) is 43.0 Å². The number of epoxide rings is 1. The van der Waals surface area contributed by atoms with Gasteiger partial charge in [0.05, 0.1) is 5.69 Å². The average molecular weight is 578 g/mol. The van der Waals surface area contributed by atoms with Gasteiger partial charge in [-0.1, -0.05) is 64.0 Å². The Morgan fingerprint density at radius 1 is 1.24 bits per heavy atom. The molecule has 0 unspecified atom stereocenters. The number of allylic oxidation sites excluding steroid dienone is 2. The van der Waals surface area contributed by atoms with E-state index in [9.17, 15) is 9.90 Å². The van der Waals surface area contributed by atoms with Gasteiger partial charge < -0.3 is 28.5 Å². The number of fused-ring (bicyclic) bond motifs is 1. The molecule has 1 amide bonds. The molecule has 2 aliphatic carbocycles. The molecule has 0 aromatic heterocycles. The van der Waals surface area contributed by atoms with Gasteiger partial charge in [0.15, 0.2) is 5.60 Å². The first-order valence-electron chi connectivity index (χ1n) is 13.8. The number of nitrogens with zero attached hydrogens (tertiary/aromatic N) is 1. The van der Waals surface area contributed by atoms with E-state index in [4.69, 9.17) is 23.4 Å². The fraction of sp³-hybridized carbons (Fsp3) is 0.531. The first kappa shape index (κ1) is 29.4. The largest absolute Gasteiger partial charge is 0.543 e. The van der Waals surface area contributed by atoms with Crippen molar-refractivity contribution in [2.24, 2.45) is 5.92 Å². The second kappa shape index (κ2) is 9.48. The minimum atomic E-state index is -2.26. The molecular weight excluding hydrogens is 538 g/mol. The van der Waals surface area contributed by atoms with Gasteiger partial charge in [0, 0.05) is 26.2 Å². The van der Waals surface area contributed by atoms with Crippen LogP contribution >= 0.6 is 0 Å². The van der Waals surface area contributed by atoms with Crippen molar-refractivity contribution >= 4 is 20.1 Å². The molecular formula is C32H39NO7Si. The van der Waals surface area contributed by atoms with Gasteiger partial charge >= 0.3 is 6.09 Å². The van der Waals surface area contributed by atoms with Crippen LogP contribution in [0, 0.1) is 29.6 Å². The van der Waals surface area contributed by atoms with Crippen LogP contribution in [-0.2, 0) is 24.5 Å². The molecule has 2 fully saturated rings. The number of carbonyl (C=O) groups is 1. The summed E-state index contributed by atoms with van der Waals surface area (Å²) in [5.41, 5.74) is -3.58. The number of hydrogen-bond acceptors (Lipinski definition) is 7. The van der Waals surface area contributed by atoms with Crippen molar-refractivity contribution in [3.63, 3.8) is 0 Å². The highest BCUT2D eigenvalue weighted by atomic mass is 28.4. The molecule has 1 saturated carbocycles. The lowest BCUT2D eigenvalue weighted by molar-refractivity contribution is -0.316. The molecule has 5 atom stereocenters. The molecule has 1 saturated heterocycles. The van der Waals surface area contributed by atoms with Crippen LogP contribution in [0.5, 0.6) is 5.75 Å². The van der Waals surface area contributed by atoms with Gasteiger partial charge in [-0.2, -0.15) is 0 Å². The number of carbonyl (C=O) groups excluding carboxylic acids is 1. The number of benzene rings is 1. The van der Waals surface area contributed by atoms with E-state index in [2.05, 4.69) is 64.1 Å². The summed E-state index contributed by atoms with van der Waals surface area (Å²) in [6, 6.07) is 4.69. The van der Waals surface area contributed by atoms with Crippen molar-refractivity contribution in [3.05, 3.63) is 48.6 Å². The predicted octanol–water partition coefficient (Wildman–Crippen LogP) is 4.88. The Hall–Kier alpha value is -3.05. The van der Waals surface area contributed by atoms with Crippen molar-refractivity contribution in [1.29, 1.82) is 0 Å². The van der Waals surface area contributed by atoms with Gasteiger partial charge in [-0.25, -0.2) is 4.79 Å². The van der Waals surface area contributed by atoms with E-state index in [-0.39, 0.29) is 24.0 Å². The Kier molecular flexibility index (Phi) is 6.81. The predicted molar refractivity (Wildman–Crippen MR) is 158 cm³/mol. The van der Waals surface area contributed by atoms with Gasteiger partial charge in [0.1, 0.15) is 24.0 Å². The fourth-order valence-electron chi connectivity index (χ4n) is 6.49. The first-order valence-corrected chi connectivity index (χ1v) is 16.7. The number of amides is 1. The lowest BCUT2D eigenvalue weighted by Crippen LogP contribution is -2.73. The maximum Gasteiger partial charge on any atom is 0.415 e. The van der Waals surface area contributed by atoms with E-state index in [1.807, 2.05) is 19.1 Å². The Morgan fingerprint density at radius 3 is 2.56 bits per heavy atom. The average Bonchev–Trinajstić information content (AvgIpc) is 3.65. The highest BCUT2D eigenvalue weighted by molar-refractivity contribution is 6.74. The molecule has 4 aliphatic rings. The van der Waals surface area contributed by atoms with Crippen LogP contribution in [-0.4, -0.2) is 63.4 Å². The Balaban J connectivity index is 1.84. The zero-order chi connectivity index (χ0) is 30.1. The molecule has 2 heterocycles. The molecule has 5 rings (SSSR count). The number of ether oxygens (including phenoxy) is 4. The van der Waals surface area contributed by atoms with E-state index in [0.29, 0.717) is 17.0 Å². The van der Waals surface area contributed by atoms with E-state index >= 15 is 0 Å². The van der Waals surface area contributed by atoms with E-state index in [0.717, 1.165) is 0 Å². The van der Waals surface area contributed by atoms with Gasteiger partial charge in [-0.3, -0.25) is 4.90 Å². The summed E-state index contributed by atoms with van der Waals surface area (Å²) in [7, 11) is 0.732. The molecule has 0 spiro atoms. The Labute approximate surface area is 243 Å². The highest BCUT2D eigenvalue weighted by Crippen LogP contribution is 2.77. The summed E-state index contributed by atoms with van der Waals surface area (Å²) < 4.78 is 31.1. The Morgan fingerprint density at radius 2 is 1.93 bits per heavy atom. The third-order valence-electron chi connectivity index (χ3n) is 9.55. The smallest absolute Gasteiger partial charge is 0.415 e. The van der Waals surface area contributed by atoms with Gasteiger partial charge in [0.2, 0.25) is 19.7 Å². The molecule has 1 aromatic carbocycles. The first-order chi connectivity index (χ1) is 19.2. The third kappa shape index (κ3) is 3.73. The molecule has 41 heavy (non-hydrogen) atoms. The van der Waals surface area contributed by atoms with Gasteiger partial charge in [-0.15, -0.1) is 0 Å². The number of anilines is 1. The zero-order valence-electron chi connectivity index (χ0n) is 25.1. The summed E-state index contributed by atoms with van der Waals surface area (Å²) in [5.74, 6) is 11.0. The van der Waals surface area contributed by atoms with Crippen molar-refractivity contribution < 1.29 is 33.3 Å². The molecule has 1 N–H and O–H groups in total. The van der Waals surface area contributed by atoms with Crippen LogP contribution in [0.2, 0.25) is 18.1 Å². The zero-order valence-corrected chi connectivity index (χ0v) is 26.1. The molecule has 218 valence electrons. The van der Waals surface area contributed by atoms with Crippen LogP contribution in [0.4, 0.5) is 10.5 Å². The van der Waals surface area contributed by atoms with Crippen LogP contribution in [0.3, 0.4) is 0 Å². The summed E-state index contributed by atoms with van der Waals surface area (Å²) in [6.07, 6.45) is 4.29. The van der Waals surface area contributed by atoms with Crippen molar-refractivity contribution in [2.75, 3.05) is 25.7 Å². The van der Waals surface area contributed by atoms with Crippen molar-refractivity contribution in [3.8, 4) is 29.4 Å². The quantitative estimate of drug-likeness (QED) is 0.169. The molecule has 1 aromatic rings. The number of rotatable bonds is 6. The van der Waals surface area contributed by atoms with E-state index in [1.54, 1.807) is 18.2 Å². The van der Waals surface area contributed by atoms with Crippen LogP contribution in [0.25, 0.3) is 0 Å². The topological polar surface area (TPSA) is 90.0 Å². The monoisotopic (exact) mass is 577 g/mol. The minimum Gasteiger partial charge on any atom is -0.543 e.